The number of nitro benzene ring substituents is 1. The first-order valence-corrected chi connectivity index (χ1v) is 4.40. The van der Waals surface area contributed by atoms with Crippen molar-refractivity contribution in [2.75, 3.05) is 0 Å². The second kappa shape index (κ2) is 4.30. The lowest BCUT2D eigenvalue weighted by Crippen LogP contribution is -1.95. The molecule has 0 spiro atoms. The zero-order valence-electron chi connectivity index (χ0n) is 8.09. The molecule has 0 saturated heterocycles. The summed E-state index contributed by atoms with van der Waals surface area (Å²) >= 11 is 0. The molecule has 0 atom stereocenters. The highest BCUT2D eigenvalue weighted by Crippen LogP contribution is 2.15. The standard InChI is InChI=1S/C9H7N5O2/c15-14(16)9-4-2-1-3-8(9)5-12-13-6-10-11-7-13/h1-7H/b12-5-. The molecule has 0 bridgehead atoms. The van der Waals surface area contributed by atoms with Crippen molar-refractivity contribution in [3.63, 3.8) is 0 Å². The fourth-order valence-electron chi connectivity index (χ4n) is 1.15. The number of hydrogen-bond donors (Lipinski definition) is 0. The summed E-state index contributed by atoms with van der Waals surface area (Å²) in [5, 5.41) is 21.8. The van der Waals surface area contributed by atoms with Gasteiger partial charge in [-0.1, -0.05) is 12.1 Å². The summed E-state index contributed by atoms with van der Waals surface area (Å²) in [5.74, 6) is 0. The Morgan fingerprint density at radius 3 is 2.69 bits per heavy atom. The summed E-state index contributed by atoms with van der Waals surface area (Å²) in [4.78, 5) is 10.2. The Labute approximate surface area is 90.2 Å². The quantitative estimate of drug-likeness (QED) is 0.437. The summed E-state index contributed by atoms with van der Waals surface area (Å²) in [6.45, 7) is 0. The van der Waals surface area contributed by atoms with Crippen LogP contribution >= 0.6 is 0 Å². The second-order valence-electron chi connectivity index (χ2n) is 2.90. The predicted molar refractivity (Wildman–Crippen MR) is 56.1 cm³/mol. The van der Waals surface area contributed by atoms with Gasteiger partial charge in [0.2, 0.25) is 0 Å². The lowest BCUT2D eigenvalue weighted by Gasteiger charge is -1.95. The molecule has 1 heterocycles. The predicted octanol–water partition coefficient (Wildman–Crippen LogP) is 1.07. The molecule has 0 amide bonds. The third-order valence-corrected chi connectivity index (χ3v) is 1.87. The Kier molecular flexibility index (Phi) is 2.68. The highest BCUT2D eigenvalue weighted by molar-refractivity contribution is 5.85. The molecule has 0 fully saturated rings. The van der Waals surface area contributed by atoms with Crippen LogP contribution < -0.4 is 0 Å². The summed E-state index contributed by atoms with van der Waals surface area (Å²) in [5.41, 5.74) is 0.445. The van der Waals surface area contributed by atoms with E-state index >= 15 is 0 Å². The molecule has 7 heteroatoms. The van der Waals surface area contributed by atoms with Gasteiger partial charge in [0.05, 0.1) is 16.7 Å². The minimum Gasteiger partial charge on any atom is -0.258 e. The number of rotatable bonds is 3. The summed E-state index contributed by atoms with van der Waals surface area (Å²) in [7, 11) is 0. The van der Waals surface area contributed by atoms with Crippen molar-refractivity contribution in [3.8, 4) is 0 Å². The van der Waals surface area contributed by atoms with Gasteiger partial charge in [0.25, 0.3) is 5.69 Å². The zero-order valence-corrected chi connectivity index (χ0v) is 8.09. The highest BCUT2D eigenvalue weighted by atomic mass is 16.6. The molecule has 0 aliphatic rings. The summed E-state index contributed by atoms with van der Waals surface area (Å²) < 4.78 is 1.36. The van der Waals surface area contributed by atoms with E-state index in [1.165, 1.54) is 29.6 Å². The molecule has 16 heavy (non-hydrogen) atoms. The maximum Gasteiger partial charge on any atom is 0.278 e. The van der Waals surface area contributed by atoms with Crippen LogP contribution in [0.25, 0.3) is 0 Å². The first-order valence-electron chi connectivity index (χ1n) is 4.40. The average Bonchev–Trinajstić information content (AvgIpc) is 2.79. The molecular formula is C9H7N5O2. The first-order chi connectivity index (χ1) is 7.77. The Bertz CT molecular complexity index is 520. The number of aromatic nitrogens is 3. The third-order valence-electron chi connectivity index (χ3n) is 1.87. The average molecular weight is 217 g/mol. The largest absolute Gasteiger partial charge is 0.278 e. The molecule has 1 aromatic heterocycles. The number of nitrogens with zero attached hydrogens (tertiary/aromatic N) is 5. The van der Waals surface area contributed by atoms with Gasteiger partial charge in [0, 0.05) is 6.07 Å². The van der Waals surface area contributed by atoms with E-state index in [0.29, 0.717) is 5.56 Å². The van der Waals surface area contributed by atoms with E-state index in [2.05, 4.69) is 15.3 Å². The van der Waals surface area contributed by atoms with Crippen LogP contribution in [-0.4, -0.2) is 26.0 Å². The van der Waals surface area contributed by atoms with Crippen LogP contribution in [-0.2, 0) is 0 Å². The topological polar surface area (TPSA) is 86.2 Å². The molecule has 7 nitrogen and oxygen atoms in total. The number of nitro groups is 1. The second-order valence-corrected chi connectivity index (χ2v) is 2.90. The molecule has 1 aromatic carbocycles. The monoisotopic (exact) mass is 217 g/mol. The van der Waals surface area contributed by atoms with E-state index in [1.54, 1.807) is 18.2 Å². The van der Waals surface area contributed by atoms with Crippen molar-refractivity contribution in [2.45, 2.75) is 0 Å². The van der Waals surface area contributed by atoms with Gasteiger partial charge in [-0.25, -0.2) is 4.68 Å². The number of para-hydroxylation sites is 1. The molecule has 2 aromatic rings. The van der Waals surface area contributed by atoms with Crippen molar-refractivity contribution in [1.82, 2.24) is 14.9 Å². The molecular weight excluding hydrogens is 210 g/mol. The Morgan fingerprint density at radius 2 is 2.00 bits per heavy atom. The van der Waals surface area contributed by atoms with Gasteiger partial charge in [-0.3, -0.25) is 10.1 Å². The van der Waals surface area contributed by atoms with E-state index in [0.717, 1.165) is 0 Å². The van der Waals surface area contributed by atoms with E-state index < -0.39 is 4.92 Å². The lowest BCUT2D eigenvalue weighted by atomic mass is 10.2. The Hall–Kier alpha value is -2.57. The maximum atomic E-state index is 10.7. The van der Waals surface area contributed by atoms with Crippen molar-refractivity contribution < 1.29 is 4.92 Å². The number of benzene rings is 1. The van der Waals surface area contributed by atoms with Gasteiger partial charge in [-0.2, -0.15) is 5.10 Å². The summed E-state index contributed by atoms with van der Waals surface area (Å²) in [6.07, 6.45) is 4.18. The van der Waals surface area contributed by atoms with Crippen LogP contribution in [0.3, 0.4) is 0 Å². The van der Waals surface area contributed by atoms with Crippen molar-refractivity contribution in [2.24, 2.45) is 5.10 Å². The van der Waals surface area contributed by atoms with Crippen LogP contribution in [0.4, 0.5) is 5.69 Å². The van der Waals surface area contributed by atoms with Gasteiger partial charge in [-0.05, 0) is 6.07 Å². The molecule has 0 aliphatic carbocycles. The van der Waals surface area contributed by atoms with E-state index in [9.17, 15) is 10.1 Å². The van der Waals surface area contributed by atoms with E-state index in [4.69, 9.17) is 0 Å². The molecule has 0 aliphatic heterocycles. The van der Waals surface area contributed by atoms with Crippen molar-refractivity contribution in [1.29, 1.82) is 0 Å². The normalized spacial score (nSPS) is 10.8. The van der Waals surface area contributed by atoms with E-state index in [-0.39, 0.29) is 5.69 Å². The van der Waals surface area contributed by atoms with Crippen molar-refractivity contribution >= 4 is 11.9 Å². The molecule has 0 N–H and O–H groups in total. The minimum absolute atomic E-state index is 0.0133. The van der Waals surface area contributed by atoms with Crippen LogP contribution in [0.1, 0.15) is 5.56 Å². The summed E-state index contributed by atoms with van der Waals surface area (Å²) in [6, 6.07) is 6.36. The van der Waals surface area contributed by atoms with Gasteiger partial charge in [0.1, 0.15) is 12.7 Å². The lowest BCUT2D eigenvalue weighted by molar-refractivity contribution is -0.385. The highest BCUT2D eigenvalue weighted by Gasteiger charge is 2.09. The zero-order chi connectivity index (χ0) is 11.4. The van der Waals surface area contributed by atoms with Crippen LogP contribution in [0.5, 0.6) is 0 Å². The third kappa shape index (κ3) is 2.08. The van der Waals surface area contributed by atoms with Crippen LogP contribution in [0, 0.1) is 10.1 Å². The Morgan fingerprint density at radius 1 is 1.31 bits per heavy atom. The smallest absolute Gasteiger partial charge is 0.258 e. The maximum absolute atomic E-state index is 10.7. The van der Waals surface area contributed by atoms with Gasteiger partial charge >= 0.3 is 0 Å². The van der Waals surface area contributed by atoms with Gasteiger partial charge in [-0.15, -0.1) is 10.2 Å². The van der Waals surface area contributed by atoms with Crippen molar-refractivity contribution in [3.05, 3.63) is 52.6 Å². The minimum atomic E-state index is -0.451. The van der Waals surface area contributed by atoms with Crippen LogP contribution in [0.15, 0.2) is 42.0 Å². The molecule has 0 unspecified atom stereocenters. The van der Waals surface area contributed by atoms with Gasteiger partial charge < -0.3 is 0 Å². The Balaban J connectivity index is 2.31. The fourth-order valence-corrected chi connectivity index (χ4v) is 1.15. The van der Waals surface area contributed by atoms with Gasteiger partial charge in [0.15, 0.2) is 0 Å². The van der Waals surface area contributed by atoms with E-state index in [1.807, 2.05) is 0 Å². The number of hydrogen-bond acceptors (Lipinski definition) is 5. The first kappa shape index (κ1) is 9.97. The molecule has 2 rings (SSSR count). The van der Waals surface area contributed by atoms with Crippen LogP contribution in [0.2, 0.25) is 0 Å². The molecule has 80 valence electrons. The SMILES string of the molecule is O=[N+]([O-])c1ccccc1/C=N\n1cnnc1. The molecule has 0 radical (unpaired) electrons. The fraction of sp³-hybridized carbons (Fsp3) is 0. The molecule has 0 saturated carbocycles.